The molecule has 1 aliphatic rings. The predicted octanol–water partition coefficient (Wildman–Crippen LogP) is 5.89. The number of rotatable bonds is 4. The molecule has 1 aliphatic heterocycles. The summed E-state index contributed by atoms with van der Waals surface area (Å²) < 4.78 is 1.80. The first-order valence-corrected chi connectivity index (χ1v) is 10.0. The Hall–Kier alpha value is -1.15. The van der Waals surface area contributed by atoms with E-state index >= 15 is 0 Å². The second-order valence-corrected chi connectivity index (χ2v) is 7.70. The van der Waals surface area contributed by atoms with E-state index < -0.39 is 0 Å². The van der Waals surface area contributed by atoms with Crippen molar-refractivity contribution in [1.82, 2.24) is 4.90 Å². The maximum atomic E-state index is 13.0. The molecule has 0 N–H and O–H groups in total. The Morgan fingerprint density at radius 1 is 1.00 bits per heavy atom. The summed E-state index contributed by atoms with van der Waals surface area (Å²) in [6.45, 7) is 2.97. The topological polar surface area (TPSA) is 20.3 Å². The molecule has 0 atom stereocenters. The number of hydrogen-bond donors (Lipinski definition) is 0. The number of halogens is 2. The van der Waals surface area contributed by atoms with Crippen LogP contribution in [0.4, 0.5) is 0 Å². The maximum Gasteiger partial charge on any atom is 0.218 e. The molecular formula is C20H17I2NO. The normalized spacial score (nSPS) is 16.8. The van der Waals surface area contributed by atoms with Crippen molar-refractivity contribution < 1.29 is 4.79 Å². The number of carbonyl (C=O) groups excluding carboxylic acids is 1. The Bertz CT molecular complexity index is 810. The lowest BCUT2D eigenvalue weighted by molar-refractivity contribution is -0.111. The summed E-state index contributed by atoms with van der Waals surface area (Å²) >= 11 is 4.50. The van der Waals surface area contributed by atoms with E-state index in [1.54, 1.807) is 0 Å². The van der Waals surface area contributed by atoms with E-state index in [1.807, 2.05) is 36.4 Å². The second-order valence-electron chi connectivity index (χ2n) is 5.54. The van der Waals surface area contributed by atoms with Crippen molar-refractivity contribution in [2.75, 3.05) is 6.54 Å². The number of ketones is 1. The van der Waals surface area contributed by atoms with Crippen molar-refractivity contribution in [3.63, 3.8) is 0 Å². The molecular weight excluding hydrogens is 524 g/mol. The monoisotopic (exact) mass is 541 g/mol. The molecule has 4 heteroatoms. The standard InChI is InChI=1S/C20H17I2NO/c1-2-13-23-18(15-11-7-4-8-12-15)17(22)20(24)19(23)16(21)14-9-5-3-6-10-14/h3-12H,2,13H2,1H3/b19-16+. The third kappa shape index (κ3) is 3.31. The van der Waals surface area contributed by atoms with Crippen molar-refractivity contribution in [2.24, 2.45) is 0 Å². The highest BCUT2D eigenvalue weighted by molar-refractivity contribution is 14.1. The summed E-state index contributed by atoms with van der Waals surface area (Å²) in [7, 11) is 0. The number of carbonyl (C=O) groups is 1. The molecule has 0 radical (unpaired) electrons. The zero-order chi connectivity index (χ0) is 17.1. The molecule has 0 unspecified atom stereocenters. The summed E-state index contributed by atoms with van der Waals surface area (Å²) in [6, 6.07) is 20.3. The van der Waals surface area contributed by atoms with E-state index in [0.717, 1.165) is 42.6 Å². The molecule has 2 aromatic carbocycles. The third-order valence-electron chi connectivity index (χ3n) is 3.89. The Morgan fingerprint density at radius 2 is 1.58 bits per heavy atom. The fourth-order valence-corrected chi connectivity index (χ4v) is 4.58. The van der Waals surface area contributed by atoms with Crippen LogP contribution in [-0.2, 0) is 4.79 Å². The van der Waals surface area contributed by atoms with Gasteiger partial charge >= 0.3 is 0 Å². The summed E-state index contributed by atoms with van der Waals surface area (Å²) in [5.41, 5.74) is 4.01. The first kappa shape index (κ1) is 17.7. The quantitative estimate of drug-likeness (QED) is 0.356. The fraction of sp³-hybridized carbons (Fsp3) is 0.150. The minimum atomic E-state index is 0.121. The van der Waals surface area contributed by atoms with Gasteiger partial charge in [-0.05, 0) is 62.7 Å². The van der Waals surface area contributed by atoms with Crippen LogP contribution in [-0.4, -0.2) is 17.2 Å². The Balaban J connectivity index is 2.15. The predicted molar refractivity (Wildman–Crippen MR) is 117 cm³/mol. The lowest BCUT2D eigenvalue weighted by Gasteiger charge is -2.24. The minimum absolute atomic E-state index is 0.121. The van der Waals surface area contributed by atoms with Crippen molar-refractivity contribution in [2.45, 2.75) is 13.3 Å². The van der Waals surface area contributed by atoms with Gasteiger partial charge in [0.2, 0.25) is 5.78 Å². The van der Waals surface area contributed by atoms with Crippen LogP contribution < -0.4 is 0 Å². The van der Waals surface area contributed by atoms with Crippen LogP contribution in [0.1, 0.15) is 24.5 Å². The largest absolute Gasteiger partial charge is 0.336 e. The summed E-state index contributed by atoms with van der Waals surface area (Å²) in [5, 5.41) is 0. The van der Waals surface area contributed by atoms with Gasteiger partial charge in [-0.3, -0.25) is 4.79 Å². The SMILES string of the molecule is CCCN1C(c2ccccc2)=C(I)C(=O)/C1=C(\I)c1ccccc1. The number of hydrogen-bond acceptors (Lipinski definition) is 2. The molecule has 2 aromatic rings. The maximum absolute atomic E-state index is 13.0. The van der Waals surface area contributed by atoms with Gasteiger partial charge in [0.25, 0.3) is 0 Å². The molecule has 0 aromatic heterocycles. The van der Waals surface area contributed by atoms with Crippen LogP contribution in [0.25, 0.3) is 9.28 Å². The molecule has 0 aliphatic carbocycles. The summed E-state index contributed by atoms with van der Waals surface area (Å²) in [5.74, 6) is 0.121. The van der Waals surface area contributed by atoms with Crippen molar-refractivity contribution >= 4 is 60.2 Å². The Labute approximate surface area is 169 Å². The highest BCUT2D eigenvalue weighted by atomic mass is 127. The van der Waals surface area contributed by atoms with Gasteiger partial charge in [-0.25, -0.2) is 0 Å². The van der Waals surface area contributed by atoms with Gasteiger partial charge in [0.15, 0.2) is 0 Å². The van der Waals surface area contributed by atoms with Crippen LogP contribution in [0.5, 0.6) is 0 Å². The second kappa shape index (κ2) is 7.82. The highest BCUT2D eigenvalue weighted by Gasteiger charge is 2.35. The minimum Gasteiger partial charge on any atom is -0.336 e. The van der Waals surface area contributed by atoms with E-state index in [1.165, 1.54) is 0 Å². The molecule has 1 heterocycles. The van der Waals surface area contributed by atoms with Gasteiger partial charge in [-0.15, -0.1) is 0 Å². The zero-order valence-corrected chi connectivity index (χ0v) is 17.6. The van der Waals surface area contributed by atoms with E-state index in [4.69, 9.17) is 0 Å². The average molecular weight is 541 g/mol. The van der Waals surface area contributed by atoms with E-state index in [2.05, 4.69) is 81.3 Å². The van der Waals surface area contributed by atoms with Crippen LogP contribution in [0.2, 0.25) is 0 Å². The summed E-state index contributed by atoms with van der Waals surface area (Å²) in [6.07, 6.45) is 0.982. The fourth-order valence-electron chi connectivity index (χ4n) is 2.83. The van der Waals surface area contributed by atoms with Crippen LogP contribution in [0.3, 0.4) is 0 Å². The lowest BCUT2D eigenvalue weighted by atomic mass is 10.1. The van der Waals surface area contributed by atoms with E-state index in [0.29, 0.717) is 0 Å². The highest BCUT2D eigenvalue weighted by Crippen LogP contribution is 2.43. The molecule has 0 bridgehead atoms. The van der Waals surface area contributed by atoms with E-state index in [-0.39, 0.29) is 5.78 Å². The first-order valence-electron chi connectivity index (χ1n) is 7.87. The smallest absolute Gasteiger partial charge is 0.218 e. The van der Waals surface area contributed by atoms with E-state index in [9.17, 15) is 4.79 Å². The molecule has 2 nitrogen and oxygen atoms in total. The van der Waals surface area contributed by atoms with Crippen LogP contribution in [0.15, 0.2) is 69.9 Å². The van der Waals surface area contributed by atoms with Gasteiger partial charge in [0, 0.05) is 10.1 Å². The molecule has 3 rings (SSSR count). The Kier molecular flexibility index (Phi) is 5.76. The molecule has 24 heavy (non-hydrogen) atoms. The number of benzene rings is 2. The van der Waals surface area contributed by atoms with Gasteiger partial charge in [0.05, 0.1) is 9.28 Å². The van der Waals surface area contributed by atoms with Crippen molar-refractivity contribution in [1.29, 1.82) is 0 Å². The van der Waals surface area contributed by atoms with Gasteiger partial charge in [-0.1, -0.05) is 67.6 Å². The lowest BCUT2D eigenvalue weighted by Crippen LogP contribution is -2.21. The molecule has 0 amide bonds. The first-order chi connectivity index (χ1) is 11.6. The molecule has 122 valence electrons. The number of nitrogens with zero attached hydrogens (tertiary/aromatic N) is 1. The molecule has 0 saturated carbocycles. The summed E-state index contributed by atoms with van der Waals surface area (Å²) in [4.78, 5) is 15.2. The Morgan fingerprint density at radius 3 is 2.17 bits per heavy atom. The van der Waals surface area contributed by atoms with Gasteiger partial charge in [-0.2, -0.15) is 0 Å². The van der Waals surface area contributed by atoms with Crippen molar-refractivity contribution in [3.05, 3.63) is 81.1 Å². The number of Topliss-reactive ketones (excluding diaryl/α,β-unsaturated/α-hetero) is 1. The van der Waals surface area contributed by atoms with Crippen molar-refractivity contribution in [3.8, 4) is 0 Å². The van der Waals surface area contributed by atoms with Gasteiger partial charge in [0.1, 0.15) is 5.70 Å². The van der Waals surface area contributed by atoms with Crippen LogP contribution >= 0.6 is 45.2 Å². The zero-order valence-electron chi connectivity index (χ0n) is 13.3. The van der Waals surface area contributed by atoms with Gasteiger partial charge < -0.3 is 4.90 Å². The molecule has 0 fully saturated rings. The third-order valence-corrected chi connectivity index (χ3v) is 6.03. The number of allylic oxidation sites excluding steroid dienone is 1. The molecule has 0 saturated heterocycles. The molecule has 0 spiro atoms. The average Bonchev–Trinajstić information content (AvgIpc) is 2.87. The van der Waals surface area contributed by atoms with Crippen LogP contribution in [0, 0.1) is 0 Å².